The molecule has 1 aromatic rings. The third-order valence-electron chi connectivity index (χ3n) is 3.86. The van der Waals surface area contributed by atoms with Gasteiger partial charge in [-0.15, -0.1) is 36.2 Å². The molecule has 2 heterocycles. The molecule has 1 fully saturated rings. The van der Waals surface area contributed by atoms with Gasteiger partial charge in [-0.2, -0.15) is 0 Å². The number of hydrogen-bond donors (Lipinski definition) is 2. The molecule has 22 heavy (non-hydrogen) atoms. The largest absolute Gasteiger partial charge is 0.349 e. The standard InChI is InChI=1S/C14H24N4OS.2ClH/c1-2-11-5-3-4-7-18(11)8-6-16-14(19)12-10-20-13(9-15)17-12;;/h10-11H,2-9,15H2,1H3,(H,16,19);2*1H. The molecule has 0 bridgehead atoms. The number of amides is 1. The maximum atomic E-state index is 11.9. The molecule has 128 valence electrons. The molecule has 0 radical (unpaired) electrons. The Kier molecular flexibility index (Phi) is 11.0. The van der Waals surface area contributed by atoms with E-state index in [1.54, 1.807) is 5.38 Å². The smallest absolute Gasteiger partial charge is 0.270 e. The fourth-order valence-electron chi connectivity index (χ4n) is 2.73. The van der Waals surface area contributed by atoms with E-state index in [4.69, 9.17) is 5.73 Å². The number of nitrogens with zero attached hydrogens (tertiary/aromatic N) is 2. The van der Waals surface area contributed by atoms with Crippen LogP contribution in [0.25, 0.3) is 0 Å². The molecule has 1 saturated heterocycles. The first-order valence-electron chi connectivity index (χ1n) is 7.41. The highest BCUT2D eigenvalue weighted by Gasteiger charge is 2.20. The van der Waals surface area contributed by atoms with Crippen LogP contribution in [0.15, 0.2) is 5.38 Å². The minimum atomic E-state index is -0.0917. The van der Waals surface area contributed by atoms with Crippen LogP contribution in [-0.2, 0) is 6.54 Å². The number of nitrogens with two attached hydrogens (primary N) is 1. The van der Waals surface area contributed by atoms with Crippen LogP contribution in [0.2, 0.25) is 0 Å². The first kappa shape index (κ1) is 21.6. The lowest BCUT2D eigenvalue weighted by molar-refractivity contribution is 0.0930. The molecule has 3 N–H and O–H groups in total. The maximum absolute atomic E-state index is 11.9. The van der Waals surface area contributed by atoms with E-state index in [1.807, 2.05) is 0 Å². The van der Waals surface area contributed by atoms with Gasteiger partial charge >= 0.3 is 0 Å². The SMILES string of the molecule is CCC1CCCCN1CCNC(=O)c1csc(CN)n1.Cl.Cl. The molecule has 1 aliphatic rings. The Labute approximate surface area is 148 Å². The lowest BCUT2D eigenvalue weighted by Gasteiger charge is -2.35. The van der Waals surface area contributed by atoms with E-state index >= 15 is 0 Å². The number of piperidine rings is 1. The maximum Gasteiger partial charge on any atom is 0.270 e. The number of rotatable bonds is 6. The first-order valence-corrected chi connectivity index (χ1v) is 8.29. The van der Waals surface area contributed by atoms with E-state index in [9.17, 15) is 4.79 Å². The van der Waals surface area contributed by atoms with Crippen LogP contribution >= 0.6 is 36.2 Å². The number of aromatic nitrogens is 1. The molecular weight excluding hydrogens is 343 g/mol. The third kappa shape index (κ3) is 6.01. The van der Waals surface area contributed by atoms with Crippen molar-refractivity contribution in [1.82, 2.24) is 15.2 Å². The van der Waals surface area contributed by atoms with Crippen LogP contribution in [0.3, 0.4) is 0 Å². The predicted molar refractivity (Wildman–Crippen MR) is 96.3 cm³/mol. The van der Waals surface area contributed by atoms with Gasteiger partial charge in [0.1, 0.15) is 10.7 Å². The van der Waals surface area contributed by atoms with Crippen LogP contribution in [0.5, 0.6) is 0 Å². The highest BCUT2D eigenvalue weighted by molar-refractivity contribution is 7.09. The molecule has 8 heteroatoms. The third-order valence-corrected chi connectivity index (χ3v) is 4.74. The second-order valence-corrected chi connectivity index (χ2v) is 6.12. The normalized spacial score (nSPS) is 18.2. The average molecular weight is 369 g/mol. The Hall–Kier alpha value is -0.400. The zero-order valence-electron chi connectivity index (χ0n) is 12.9. The van der Waals surface area contributed by atoms with Gasteiger partial charge in [0.2, 0.25) is 0 Å². The first-order chi connectivity index (χ1) is 9.74. The Balaban J connectivity index is 0.00000220. The van der Waals surface area contributed by atoms with E-state index in [1.165, 1.54) is 37.0 Å². The fourth-order valence-corrected chi connectivity index (χ4v) is 3.38. The molecule has 1 amide bonds. The van der Waals surface area contributed by atoms with E-state index in [2.05, 4.69) is 22.1 Å². The van der Waals surface area contributed by atoms with Crippen LogP contribution in [-0.4, -0.2) is 41.5 Å². The van der Waals surface area contributed by atoms with Crippen molar-refractivity contribution in [2.45, 2.75) is 45.2 Å². The molecule has 5 nitrogen and oxygen atoms in total. The van der Waals surface area contributed by atoms with Crippen molar-refractivity contribution in [3.63, 3.8) is 0 Å². The minimum Gasteiger partial charge on any atom is -0.349 e. The van der Waals surface area contributed by atoms with Gasteiger partial charge in [-0.05, 0) is 25.8 Å². The molecule has 1 atom stereocenters. The summed E-state index contributed by atoms with van der Waals surface area (Å²) in [6.45, 7) is 5.40. The summed E-state index contributed by atoms with van der Waals surface area (Å²) >= 11 is 1.44. The van der Waals surface area contributed by atoms with Gasteiger partial charge in [-0.3, -0.25) is 9.69 Å². The Morgan fingerprint density at radius 3 is 2.91 bits per heavy atom. The van der Waals surface area contributed by atoms with Gasteiger partial charge < -0.3 is 11.1 Å². The van der Waals surface area contributed by atoms with Crippen molar-refractivity contribution in [3.8, 4) is 0 Å². The van der Waals surface area contributed by atoms with E-state index in [-0.39, 0.29) is 30.7 Å². The van der Waals surface area contributed by atoms with Crippen molar-refractivity contribution >= 4 is 42.1 Å². The molecule has 0 aliphatic carbocycles. The molecule has 1 unspecified atom stereocenters. The van der Waals surface area contributed by atoms with Gasteiger partial charge in [-0.1, -0.05) is 13.3 Å². The highest BCUT2D eigenvalue weighted by Crippen LogP contribution is 2.18. The van der Waals surface area contributed by atoms with Crippen molar-refractivity contribution < 1.29 is 4.79 Å². The zero-order chi connectivity index (χ0) is 14.4. The number of thiazole rings is 1. The highest BCUT2D eigenvalue weighted by atomic mass is 35.5. The number of nitrogens with one attached hydrogen (secondary N) is 1. The Bertz CT molecular complexity index is 444. The monoisotopic (exact) mass is 368 g/mol. The lowest BCUT2D eigenvalue weighted by Crippen LogP contribution is -2.43. The number of carbonyl (C=O) groups excluding carboxylic acids is 1. The van der Waals surface area contributed by atoms with Gasteiger partial charge in [-0.25, -0.2) is 4.98 Å². The molecule has 0 saturated carbocycles. The van der Waals surface area contributed by atoms with Gasteiger partial charge in [0.15, 0.2) is 0 Å². The van der Waals surface area contributed by atoms with Gasteiger partial charge in [0.05, 0.1) is 0 Å². The van der Waals surface area contributed by atoms with Crippen LogP contribution in [0.1, 0.15) is 48.1 Å². The van der Waals surface area contributed by atoms with Gasteiger partial charge in [0, 0.05) is 31.1 Å². The van der Waals surface area contributed by atoms with E-state index in [0.717, 1.165) is 18.1 Å². The summed E-state index contributed by atoms with van der Waals surface area (Å²) in [5, 5.41) is 5.53. The lowest BCUT2D eigenvalue weighted by atomic mass is 10.0. The number of carbonyl (C=O) groups is 1. The molecule has 1 aromatic heterocycles. The van der Waals surface area contributed by atoms with Crippen LogP contribution in [0, 0.1) is 0 Å². The molecule has 0 spiro atoms. The summed E-state index contributed by atoms with van der Waals surface area (Å²) < 4.78 is 0. The second-order valence-electron chi connectivity index (χ2n) is 5.18. The molecular formula is C14H26Cl2N4OS. The fraction of sp³-hybridized carbons (Fsp3) is 0.714. The topological polar surface area (TPSA) is 71.2 Å². The summed E-state index contributed by atoms with van der Waals surface area (Å²) in [5.74, 6) is -0.0917. The molecule has 0 aromatic carbocycles. The number of likely N-dealkylation sites (tertiary alicyclic amines) is 1. The van der Waals surface area contributed by atoms with Crippen LogP contribution < -0.4 is 11.1 Å². The van der Waals surface area contributed by atoms with Gasteiger partial charge in [0.25, 0.3) is 5.91 Å². The number of hydrogen-bond acceptors (Lipinski definition) is 5. The predicted octanol–water partition coefficient (Wildman–Crippen LogP) is 2.44. The van der Waals surface area contributed by atoms with Crippen molar-refractivity contribution in [2.75, 3.05) is 19.6 Å². The molecule has 1 aliphatic heterocycles. The van der Waals surface area contributed by atoms with Crippen LogP contribution in [0.4, 0.5) is 0 Å². The number of halogens is 2. The summed E-state index contributed by atoms with van der Waals surface area (Å²) in [7, 11) is 0. The van der Waals surface area contributed by atoms with E-state index in [0.29, 0.717) is 24.8 Å². The summed E-state index contributed by atoms with van der Waals surface area (Å²) in [6.07, 6.45) is 5.09. The minimum absolute atomic E-state index is 0. The quantitative estimate of drug-likeness (QED) is 0.808. The summed E-state index contributed by atoms with van der Waals surface area (Å²) in [4.78, 5) is 18.6. The van der Waals surface area contributed by atoms with E-state index < -0.39 is 0 Å². The Morgan fingerprint density at radius 2 is 2.27 bits per heavy atom. The molecule has 2 rings (SSSR count). The zero-order valence-corrected chi connectivity index (χ0v) is 15.4. The average Bonchev–Trinajstić information content (AvgIpc) is 2.96. The second kappa shape index (κ2) is 11.2. The summed E-state index contributed by atoms with van der Waals surface area (Å²) in [6, 6.07) is 0.684. The van der Waals surface area contributed by atoms with Crippen molar-refractivity contribution in [2.24, 2.45) is 5.73 Å². The van der Waals surface area contributed by atoms with Crippen molar-refractivity contribution in [1.29, 1.82) is 0 Å². The Morgan fingerprint density at radius 1 is 1.50 bits per heavy atom. The summed E-state index contributed by atoms with van der Waals surface area (Å²) in [5.41, 5.74) is 5.99. The van der Waals surface area contributed by atoms with Crippen molar-refractivity contribution in [3.05, 3.63) is 16.1 Å².